The van der Waals surface area contributed by atoms with Gasteiger partial charge in [-0.3, -0.25) is 9.59 Å². The molecule has 36 heavy (non-hydrogen) atoms. The van der Waals surface area contributed by atoms with Crippen LogP contribution in [-0.4, -0.2) is 37.5 Å². The maximum absolute atomic E-state index is 13.9. The highest BCUT2D eigenvalue weighted by Crippen LogP contribution is 2.36. The van der Waals surface area contributed by atoms with E-state index in [0.717, 1.165) is 16.8 Å². The second-order valence-corrected chi connectivity index (χ2v) is 8.48. The summed E-state index contributed by atoms with van der Waals surface area (Å²) in [6.07, 6.45) is 0. The number of amides is 2. The van der Waals surface area contributed by atoms with Crippen LogP contribution in [0.5, 0.6) is 5.75 Å². The zero-order chi connectivity index (χ0) is 25.8. The van der Waals surface area contributed by atoms with Crippen molar-refractivity contribution in [2.24, 2.45) is 5.92 Å². The second kappa shape index (κ2) is 10.5. The number of esters is 1. The molecule has 1 heterocycles. The van der Waals surface area contributed by atoms with E-state index in [-0.39, 0.29) is 11.5 Å². The molecule has 0 radical (unpaired) electrons. The minimum atomic E-state index is -1.08. The quantitative estimate of drug-likeness (QED) is 0.346. The number of para-hydroxylation sites is 1. The fourth-order valence-electron chi connectivity index (χ4n) is 3.79. The number of rotatable bonds is 8. The normalized spacial score (nSPS) is 11.9. The van der Waals surface area contributed by atoms with Crippen molar-refractivity contribution in [3.8, 4) is 5.75 Å². The largest absolute Gasteiger partial charge is 0.495 e. The fraction of sp³-hybridized carbons (Fsp3) is 0.222. The Balaban J connectivity index is 1.43. The number of halogens is 1. The number of methoxy groups -OCH3 is 1. The van der Waals surface area contributed by atoms with E-state index in [2.05, 4.69) is 10.6 Å². The van der Waals surface area contributed by atoms with Crippen LogP contribution in [-0.2, 0) is 14.3 Å². The third kappa shape index (κ3) is 5.14. The van der Waals surface area contributed by atoms with Crippen molar-refractivity contribution in [1.29, 1.82) is 0 Å². The third-order valence-corrected chi connectivity index (χ3v) is 5.64. The zero-order valence-corrected chi connectivity index (χ0v) is 20.0. The lowest BCUT2D eigenvalue weighted by Gasteiger charge is -2.21. The molecule has 3 aromatic carbocycles. The van der Waals surface area contributed by atoms with Crippen LogP contribution in [0.1, 0.15) is 24.2 Å². The van der Waals surface area contributed by atoms with Gasteiger partial charge in [0.2, 0.25) is 0 Å². The van der Waals surface area contributed by atoms with Gasteiger partial charge in [-0.25, -0.2) is 9.18 Å². The summed E-state index contributed by atoms with van der Waals surface area (Å²) in [4.78, 5) is 37.6. The molecule has 0 saturated carbocycles. The first-order chi connectivity index (χ1) is 17.3. The topological polar surface area (TPSA) is 107 Å². The average molecular weight is 493 g/mol. The molecule has 4 aromatic rings. The van der Waals surface area contributed by atoms with Crippen LogP contribution in [0, 0.1) is 11.7 Å². The van der Waals surface area contributed by atoms with E-state index >= 15 is 0 Å². The Labute approximate surface area is 206 Å². The van der Waals surface area contributed by atoms with Crippen molar-refractivity contribution < 1.29 is 32.7 Å². The van der Waals surface area contributed by atoms with Gasteiger partial charge in [0, 0.05) is 16.8 Å². The van der Waals surface area contributed by atoms with Gasteiger partial charge in [-0.2, -0.15) is 0 Å². The SMILES string of the molecule is COc1cc2c(cc1NC(=O)COC(=O)[C@@H](NC(=O)c1ccccc1F)C(C)C)oc1ccccc12. The molecule has 186 valence electrons. The van der Waals surface area contributed by atoms with Crippen LogP contribution in [0.15, 0.2) is 65.1 Å². The van der Waals surface area contributed by atoms with E-state index < -0.39 is 36.2 Å². The van der Waals surface area contributed by atoms with E-state index in [4.69, 9.17) is 13.9 Å². The number of benzene rings is 3. The predicted octanol–water partition coefficient (Wildman–Crippen LogP) is 4.67. The minimum Gasteiger partial charge on any atom is -0.495 e. The number of ether oxygens (including phenoxy) is 2. The number of carbonyl (C=O) groups excluding carboxylic acids is 3. The predicted molar refractivity (Wildman–Crippen MR) is 132 cm³/mol. The average Bonchev–Trinajstić information content (AvgIpc) is 3.22. The first kappa shape index (κ1) is 24.7. The molecule has 4 rings (SSSR count). The smallest absolute Gasteiger partial charge is 0.329 e. The Morgan fingerprint density at radius 2 is 1.69 bits per heavy atom. The molecule has 1 atom stereocenters. The molecule has 0 unspecified atom stereocenters. The van der Waals surface area contributed by atoms with Gasteiger partial charge in [0.05, 0.1) is 18.4 Å². The van der Waals surface area contributed by atoms with Crippen molar-refractivity contribution >= 4 is 45.4 Å². The number of anilines is 1. The van der Waals surface area contributed by atoms with Crippen LogP contribution in [0.4, 0.5) is 10.1 Å². The van der Waals surface area contributed by atoms with E-state index in [9.17, 15) is 18.8 Å². The van der Waals surface area contributed by atoms with E-state index in [1.165, 1.54) is 25.3 Å². The second-order valence-electron chi connectivity index (χ2n) is 8.48. The summed E-state index contributed by atoms with van der Waals surface area (Å²) in [5, 5.41) is 6.88. The first-order valence-corrected chi connectivity index (χ1v) is 11.3. The summed E-state index contributed by atoms with van der Waals surface area (Å²) >= 11 is 0. The summed E-state index contributed by atoms with van der Waals surface area (Å²) in [5.41, 5.74) is 1.41. The van der Waals surface area contributed by atoms with Gasteiger partial charge >= 0.3 is 5.97 Å². The lowest BCUT2D eigenvalue weighted by Crippen LogP contribution is -2.46. The van der Waals surface area contributed by atoms with E-state index in [1.807, 2.05) is 24.3 Å². The number of carbonyl (C=O) groups is 3. The maximum atomic E-state index is 13.9. The molecule has 2 N–H and O–H groups in total. The van der Waals surface area contributed by atoms with Crippen molar-refractivity contribution in [3.63, 3.8) is 0 Å². The van der Waals surface area contributed by atoms with Crippen molar-refractivity contribution in [2.45, 2.75) is 19.9 Å². The Hall–Kier alpha value is -4.40. The summed E-state index contributed by atoms with van der Waals surface area (Å²) in [6.45, 7) is 2.79. The zero-order valence-electron chi connectivity index (χ0n) is 20.0. The van der Waals surface area contributed by atoms with Crippen LogP contribution >= 0.6 is 0 Å². The summed E-state index contributed by atoms with van der Waals surface area (Å²) in [6, 6.07) is 15.3. The summed E-state index contributed by atoms with van der Waals surface area (Å²) < 4.78 is 30.4. The number of hydrogen-bond donors (Lipinski definition) is 2. The monoisotopic (exact) mass is 492 g/mol. The molecule has 2 amide bonds. The molecule has 0 bridgehead atoms. The lowest BCUT2D eigenvalue weighted by atomic mass is 10.0. The highest BCUT2D eigenvalue weighted by atomic mass is 19.1. The Kier molecular flexibility index (Phi) is 7.19. The molecule has 0 spiro atoms. The van der Waals surface area contributed by atoms with Crippen LogP contribution in [0.2, 0.25) is 0 Å². The highest BCUT2D eigenvalue weighted by Gasteiger charge is 2.27. The highest BCUT2D eigenvalue weighted by molar-refractivity contribution is 6.08. The van der Waals surface area contributed by atoms with E-state index in [0.29, 0.717) is 22.6 Å². The van der Waals surface area contributed by atoms with Crippen molar-refractivity contribution in [2.75, 3.05) is 19.0 Å². The van der Waals surface area contributed by atoms with Gasteiger partial charge in [-0.05, 0) is 30.2 Å². The van der Waals surface area contributed by atoms with Crippen LogP contribution in [0.3, 0.4) is 0 Å². The summed E-state index contributed by atoms with van der Waals surface area (Å²) in [5.74, 6) is -2.85. The molecule has 1 aromatic heterocycles. The van der Waals surface area contributed by atoms with E-state index in [1.54, 1.807) is 26.0 Å². The van der Waals surface area contributed by atoms with Gasteiger partial charge in [0.25, 0.3) is 11.8 Å². The maximum Gasteiger partial charge on any atom is 0.329 e. The molecule has 0 aliphatic rings. The van der Waals surface area contributed by atoms with Crippen molar-refractivity contribution in [3.05, 3.63) is 72.0 Å². The van der Waals surface area contributed by atoms with Gasteiger partial charge in [0.15, 0.2) is 6.61 Å². The Bertz CT molecular complexity index is 1450. The third-order valence-electron chi connectivity index (χ3n) is 5.64. The number of furan rings is 1. The lowest BCUT2D eigenvalue weighted by molar-refractivity contribution is -0.150. The summed E-state index contributed by atoms with van der Waals surface area (Å²) in [7, 11) is 1.48. The number of hydrogen-bond acceptors (Lipinski definition) is 6. The molecule has 0 saturated heterocycles. The van der Waals surface area contributed by atoms with Gasteiger partial charge < -0.3 is 24.5 Å². The molecule has 9 heteroatoms. The minimum absolute atomic E-state index is 0.193. The molecule has 8 nitrogen and oxygen atoms in total. The standard InChI is InChI=1S/C27H25FN2O6/c1-15(2)25(30-26(32)17-9-4-6-10-19(17)28)27(33)35-14-24(31)29-20-13-22-18(12-23(20)34-3)16-8-5-7-11-21(16)36-22/h4-13,15,25H,14H2,1-3H3,(H,29,31)(H,30,32)/t25-/m0/s1. The molecule has 0 aliphatic carbocycles. The fourth-order valence-corrected chi connectivity index (χ4v) is 3.79. The van der Waals surface area contributed by atoms with Crippen molar-refractivity contribution in [1.82, 2.24) is 5.32 Å². The molecule has 0 aliphatic heterocycles. The molecule has 0 fully saturated rings. The van der Waals surface area contributed by atoms with Crippen LogP contribution in [0.25, 0.3) is 21.9 Å². The number of nitrogens with one attached hydrogen (secondary N) is 2. The van der Waals surface area contributed by atoms with Gasteiger partial charge in [-0.1, -0.05) is 44.2 Å². The van der Waals surface area contributed by atoms with Gasteiger partial charge in [0.1, 0.15) is 28.8 Å². The molecular weight excluding hydrogens is 467 g/mol. The van der Waals surface area contributed by atoms with Gasteiger partial charge in [-0.15, -0.1) is 0 Å². The Morgan fingerprint density at radius 1 is 0.972 bits per heavy atom. The number of fused-ring (bicyclic) bond motifs is 3. The molecular formula is C27H25FN2O6. The first-order valence-electron chi connectivity index (χ1n) is 11.3. The van der Waals surface area contributed by atoms with Crippen LogP contribution < -0.4 is 15.4 Å². The Morgan fingerprint density at radius 3 is 2.42 bits per heavy atom.